The van der Waals surface area contributed by atoms with Gasteiger partial charge in [-0.25, -0.2) is 0 Å². The highest BCUT2D eigenvalue weighted by Gasteiger charge is 2.15. The average Bonchev–Trinajstić information content (AvgIpc) is 2.86. The lowest BCUT2D eigenvalue weighted by Crippen LogP contribution is -2.18. The van der Waals surface area contributed by atoms with E-state index in [9.17, 15) is 0 Å². The molecular weight excluding hydrogens is 230 g/mol. The van der Waals surface area contributed by atoms with Crippen molar-refractivity contribution in [3.8, 4) is 0 Å². The van der Waals surface area contributed by atoms with Crippen molar-refractivity contribution < 1.29 is 0 Å². The molecule has 2 aromatic heterocycles. The van der Waals surface area contributed by atoms with Crippen molar-refractivity contribution in [1.82, 2.24) is 15.1 Å². The normalized spacial score (nSPS) is 12.9. The summed E-state index contributed by atoms with van der Waals surface area (Å²) in [4.78, 5) is 1.37. The number of nitrogens with one attached hydrogen (secondary N) is 1. The van der Waals surface area contributed by atoms with Gasteiger partial charge in [0.1, 0.15) is 0 Å². The van der Waals surface area contributed by atoms with Gasteiger partial charge in [-0.3, -0.25) is 4.68 Å². The second kappa shape index (κ2) is 5.02. The van der Waals surface area contributed by atoms with Crippen molar-refractivity contribution in [3.05, 3.63) is 39.3 Å². The minimum atomic E-state index is 0.339. The Kier molecular flexibility index (Phi) is 3.64. The molecule has 1 unspecified atom stereocenters. The first-order chi connectivity index (χ1) is 8.09. The monoisotopic (exact) mass is 249 g/mol. The van der Waals surface area contributed by atoms with Crippen LogP contribution in [0.25, 0.3) is 0 Å². The summed E-state index contributed by atoms with van der Waals surface area (Å²) in [6.45, 7) is 7.32. The Morgan fingerprint density at radius 2 is 2.24 bits per heavy atom. The van der Waals surface area contributed by atoms with E-state index in [4.69, 9.17) is 0 Å². The largest absolute Gasteiger partial charge is 0.305 e. The van der Waals surface area contributed by atoms with Crippen LogP contribution in [0.4, 0.5) is 0 Å². The van der Waals surface area contributed by atoms with Crippen molar-refractivity contribution in [3.63, 3.8) is 0 Å². The summed E-state index contributed by atoms with van der Waals surface area (Å²) in [5.41, 5.74) is 3.69. The molecule has 4 heteroatoms. The first kappa shape index (κ1) is 12.3. The minimum Gasteiger partial charge on any atom is -0.305 e. The SMILES string of the molecule is Cc1nn(C)c(C)c1C(C)NCc1cccs1. The molecular formula is C13H19N3S. The Balaban J connectivity index is 2.07. The number of hydrogen-bond acceptors (Lipinski definition) is 3. The van der Waals surface area contributed by atoms with Gasteiger partial charge in [0.05, 0.1) is 5.69 Å². The van der Waals surface area contributed by atoms with Crippen LogP contribution in [0.3, 0.4) is 0 Å². The predicted octanol–water partition coefficient (Wildman–Crippen LogP) is 2.95. The zero-order chi connectivity index (χ0) is 12.4. The Morgan fingerprint density at radius 1 is 1.47 bits per heavy atom. The molecule has 1 N–H and O–H groups in total. The fourth-order valence-corrected chi connectivity index (χ4v) is 2.84. The molecule has 0 aliphatic rings. The predicted molar refractivity (Wildman–Crippen MR) is 72.3 cm³/mol. The highest BCUT2D eigenvalue weighted by atomic mass is 32.1. The molecule has 0 aliphatic heterocycles. The van der Waals surface area contributed by atoms with E-state index in [0.717, 1.165) is 12.2 Å². The third kappa shape index (κ3) is 2.58. The quantitative estimate of drug-likeness (QED) is 0.903. The molecule has 0 radical (unpaired) electrons. The topological polar surface area (TPSA) is 29.9 Å². The molecule has 0 aromatic carbocycles. The molecule has 0 aliphatic carbocycles. The number of aromatic nitrogens is 2. The molecule has 2 aromatic rings. The summed E-state index contributed by atoms with van der Waals surface area (Å²) in [6, 6.07) is 4.59. The van der Waals surface area contributed by atoms with Crippen molar-refractivity contribution in [2.45, 2.75) is 33.4 Å². The van der Waals surface area contributed by atoms with Gasteiger partial charge < -0.3 is 5.32 Å². The van der Waals surface area contributed by atoms with Crippen LogP contribution in [0.5, 0.6) is 0 Å². The van der Waals surface area contributed by atoms with E-state index in [1.165, 1.54) is 16.1 Å². The summed E-state index contributed by atoms with van der Waals surface area (Å²) in [6.07, 6.45) is 0. The van der Waals surface area contributed by atoms with E-state index < -0.39 is 0 Å². The summed E-state index contributed by atoms with van der Waals surface area (Å²) >= 11 is 1.79. The van der Waals surface area contributed by atoms with Crippen molar-refractivity contribution >= 4 is 11.3 Å². The second-order valence-electron chi connectivity index (χ2n) is 4.39. The van der Waals surface area contributed by atoms with Gasteiger partial charge in [-0.1, -0.05) is 6.07 Å². The number of hydrogen-bond donors (Lipinski definition) is 1. The lowest BCUT2D eigenvalue weighted by Gasteiger charge is -2.14. The summed E-state index contributed by atoms with van der Waals surface area (Å²) in [5.74, 6) is 0. The lowest BCUT2D eigenvalue weighted by molar-refractivity contribution is 0.572. The van der Waals surface area contributed by atoms with Crippen LogP contribution in [0.15, 0.2) is 17.5 Å². The van der Waals surface area contributed by atoms with E-state index in [2.05, 4.69) is 48.7 Å². The summed E-state index contributed by atoms with van der Waals surface area (Å²) in [7, 11) is 2.00. The molecule has 1 atom stereocenters. The van der Waals surface area contributed by atoms with Crippen molar-refractivity contribution in [2.24, 2.45) is 7.05 Å². The highest BCUT2D eigenvalue weighted by molar-refractivity contribution is 7.09. The van der Waals surface area contributed by atoms with Crippen molar-refractivity contribution in [2.75, 3.05) is 0 Å². The standard InChI is InChI=1S/C13H19N3S/c1-9(14-8-12-6-5-7-17-12)13-10(2)15-16(4)11(13)3/h5-7,9,14H,8H2,1-4H3. The van der Waals surface area contributed by atoms with E-state index in [-0.39, 0.29) is 0 Å². The van der Waals surface area contributed by atoms with Gasteiger partial charge in [0.2, 0.25) is 0 Å². The van der Waals surface area contributed by atoms with Crippen LogP contribution in [0, 0.1) is 13.8 Å². The van der Waals surface area contributed by atoms with Crippen molar-refractivity contribution in [1.29, 1.82) is 0 Å². The van der Waals surface area contributed by atoms with Crippen LogP contribution in [0.2, 0.25) is 0 Å². The molecule has 3 nitrogen and oxygen atoms in total. The molecule has 17 heavy (non-hydrogen) atoms. The third-order valence-corrected chi connectivity index (χ3v) is 4.04. The Hall–Kier alpha value is -1.13. The fourth-order valence-electron chi connectivity index (χ4n) is 2.19. The number of aryl methyl sites for hydroxylation is 2. The molecule has 92 valence electrons. The Morgan fingerprint density at radius 3 is 2.76 bits per heavy atom. The zero-order valence-electron chi connectivity index (χ0n) is 10.8. The van der Waals surface area contributed by atoms with Crippen LogP contribution >= 0.6 is 11.3 Å². The van der Waals surface area contributed by atoms with Gasteiger partial charge >= 0.3 is 0 Å². The zero-order valence-corrected chi connectivity index (χ0v) is 11.6. The van der Waals surface area contributed by atoms with Gasteiger partial charge in [-0.05, 0) is 32.2 Å². The molecule has 2 rings (SSSR count). The van der Waals surface area contributed by atoms with Gasteiger partial charge in [-0.2, -0.15) is 5.10 Å². The van der Waals surface area contributed by atoms with Gasteiger partial charge in [0, 0.05) is 35.8 Å². The fraction of sp³-hybridized carbons (Fsp3) is 0.462. The first-order valence-electron chi connectivity index (χ1n) is 5.85. The van der Waals surface area contributed by atoms with Crippen LogP contribution in [-0.4, -0.2) is 9.78 Å². The third-order valence-electron chi connectivity index (χ3n) is 3.16. The maximum absolute atomic E-state index is 4.46. The average molecular weight is 249 g/mol. The summed E-state index contributed by atoms with van der Waals surface area (Å²) in [5, 5.41) is 10.1. The molecule has 0 spiro atoms. The molecule has 0 saturated carbocycles. The number of thiophene rings is 1. The van der Waals surface area contributed by atoms with E-state index in [1.807, 2.05) is 11.7 Å². The smallest absolute Gasteiger partial charge is 0.0644 e. The second-order valence-corrected chi connectivity index (χ2v) is 5.42. The van der Waals surface area contributed by atoms with Gasteiger partial charge in [0.15, 0.2) is 0 Å². The lowest BCUT2D eigenvalue weighted by atomic mass is 10.1. The molecule has 2 heterocycles. The van der Waals surface area contributed by atoms with Gasteiger partial charge in [-0.15, -0.1) is 11.3 Å². The van der Waals surface area contributed by atoms with E-state index in [1.54, 1.807) is 11.3 Å². The number of nitrogens with zero attached hydrogens (tertiary/aromatic N) is 2. The van der Waals surface area contributed by atoms with Gasteiger partial charge in [0.25, 0.3) is 0 Å². The molecule has 0 bridgehead atoms. The van der Waals surface area contributed by atoms with E-state index in [0.29, 0.717) is 6.04 Å². The summed E-state index contributed by atoms with van der Waals surface area (Å²) < 4.78 is 1.95. The first-order valence-corrected chi connectivity index (χ1v) is 6.73. The molecule has 0 saturated heterocycles. The molecule has 0 fully saturated rings. The maximum Gasteiger partial charge on any atom is 0.0644 e. The molecule has 0 amide bonds. The van der Waals surface area contributed by atoms with Crippen LogP contribution in [-0.2, 0) is 13.6 Å². The number of rotatable bonds is 4. The van der Waals surface area contributed by atoms with Crippen LogP contribution in [0.1, 0.15) is 34.8 Å². The Labute approximate surface area is 106 Å². The Bertz CT molecular complexity index is 485. The minimum absolute atomic E-state index is 0.339. The van der Waals surface area contributed by atoms with Crippen LogP contribution < -0.4 is 5.32 Å². The maximum atomic E-state index is 4.46. The van der Waals surface area contributed by atoms with E-state index >= 15 is 0 Å². The highest BCUT2D eigenvalue weighted by Crippen LogP contribution is 2.21.